The van der Waals surface area contributed by atoms with Crippen LogP contribution in [-0.4, -0.2) is 14.9 Å². The van der Waals surface area contributed by atoms with Crippen LogP contribution in [0.2, 0.25) is 0 Å². The molecule has 0 radical (unpaired) electrons. The SMILES string of the molecule is N#Cc1c(-c2ccncc2)cc(-c2ccc([N+](=O)[O-])cc2)nc1N. The van der Waals surface area contributed by atoms with Gasteiger partial charge in [-0.2, -0.15) is 5.26 Å². The number of non-ortho nitro benzene ring substituents is 1. The monoisotopic (exact) mass is 317 g/mol. The standard InChI is InChI=1S/C17H11N5O2/c18-10-15-14(11-5-7-20-8-6-11)9-16(21-17(15)19)12-1-3-13(4-2-12)22(23)24/h1-9H,(H2,19,21). The lowest BCUT2D eigenvalue weighted by Gasteiger charge is -2.10. The number of hydrogen-bond donors (Lipinski definition) is 1. The highest BCUT2D eigenvalue weighted by Crippen LogP contribution is 2.31. The van der Waals surface area contributed by atoms with Gasteiger partial charge >= 0.3 is 0 Å². The number of nitriles is 1. The van der Waals surface area contributed by atoms with Crippen molar-refractivity contribution >= 4 is 11.5 Å². The molecule has 2 aromatic heterocycles. The van der Waals surface area contributed by atoms with Crippen molar-refractivity contribution in [2.75, 3.05) is 5.73 Å². The number of nitro groups is 1. The molecule has 0 fully saturated rings. The largest absolute Gasteiger partial charge is 0.383 e. The van der Waals surface area contributed by atoms with E-state index in [4.69, 9.17) is 5.73 Å². The quantitative estimate of drug-likeness (QED) is 0.585. The van der Waals surface area contributed by atoms with Gasteiger partial charge in [-0.05, 0) is 35.9 Å². The van der Waals surface area contributed by atoms with E-state index in [1.807, 2.05) is 0 Å². The number of nitrogens with two attached hydrogens (primary N) is 1. The molecule has 7 nitrogen and oxygen atoms in total. The molecule has 0 atom stereocenters. The Hall–Kier alpha value is -3.79. The highest BCUT2D eigenvalue weighted by atomic mass is 16.6. The fraction of sp³-hybridized carbons (Fsp3) is 0. The summed E-state index contributed by atoms with van der Waals surface area (Å²) in [5.41, 5.74) is 8.85. The van der Waals surface area contributed by atoms with Gasteiger partial charge < -0.3 is 5.73 Å². The molecule has 1 aromatic carbocycles. The van der Waals surface area contributed by atoms with Crippen LogP contribution >= 0.6 is 0 Å². The third-order valence-corrected chi connectivity index (χ3v) is 3.52. The number of pyridine rings is 2. The molecule has 116 valence electrons. The number of hydrogen-bond acceptors (Lipinski definition) is 6. The Kier molecular flexibility index (Phi) is 3.87. The maximum Gasteiger partial charge on any atom is 0.269 e. The zero-order valence-corrected chi connectivity index (χ0v) is 12.4. The van der Waals surface area contributed by atoms with E-state index in [2.05, 4.69) is 16.0 Å². The highest BCUT2D eigenvalue weighted by Gasteiger charge is 2.14. The van der Waals surface area contributed by atoms with Crippen LogP contribution < -0.4 is 5.73 Å². The van der Waals surface area contributed by atoms with E-state index in [0.29, 0.717) is 16.8 Å². The molecule has 0 aliphatic carbocycles. The van der Waals surface area contributed by atoms with Crippen molar-refractivity contribution in [1.82, 2.24) is 9.97 Å². The zero-order valence-electron chi connectivity index (χ0n) is 12.4. The average Bonchev–Trinajstić information content (AvgIpc) is 2.62. The third kappa shape index (κ3) is 2.76. The molecule has 0 aliphatic heterocycles. The Morgan fingerprint density at radius 2 is 1.75 bits per heavy atom. The molecule has 0 saturated heterocycles. The van der Waals surface area contributed by atoms with Crippen LogP contribution in [-0.2, 0) is 0 Å². The van der Waals surface area contributed by atoms with Crippen LogP contribution in [0.5, 0.6) is 0 Å². The lowest BCUT2D eigenvalue weighted by molar-refractivity contribution is -0.384. The van der Waals surface area contributed by atoms with Crippen molar-refractivity contribution < 1.29 is 4.92 Å². The summed E-state index contributed by atoms with van der Waals surface area (Å²) in [6, 6.07) is 13.4. The van der Waals surface area contributed by atoms with Gasteiger partial charge in [0.05, 0.1) is 10.6 Å². The Morgan fingerprint density at radius 3 is 2.33 bits per heavy atom. The normalized spacial score (nSPS) is 10.1. The van der Waals surface area contributed by atoms with Crippen LogP contribution in [0, 0.1) is 21.4 Å². The summed E-state index contributed by atoms with van der Waals surface area (Å²) in [7, 11) is 0. The number of anilines is 1. The highest BCUT2D eigenvalue weighted by molar-refractivity contribution is 5.80. The van der Waals surface area contributed by atoms with Crippen molar-refractivity contribution in [3.8, 4) is 28.5 Å². The second-order valence-corrected chi connectivity index (χ2v) is 4.97. The minimum absolute atomic E-state index is 0.00489. The molecular weight excluding hydrogens is 306 g/mol. The van der Waals surface area contributed by atoms with Crippen LogP contribution in [0.1, 0.15) is 5.56 Å². The number of nitro benzene ring substituents is 1. The van der Waals surface area contributed by atoms with E-state index in [9.17, 15) is 15.4 Å². The Labute approximate surface area is 137 Å². The van der Waals surface area contributed by atoms with Crippen molar-refractivity contribution in [1.29, 1.82) is 5.26 Å². The van der Waals surface area contributed by atoms with E-state index >= 15 is 0 Å². The van der Waals surface area contributed by atoms with E-state index in [0.717, 1.165) is 5.56 Å². The van der Waals surface area contributed by atoms with E-state index < -0.39 is 4.92 Å². The fourth-order valence-electron chi connectivity index (χ4n) is 2.34. The summed E-state index contributed by atoms with van der Waals surface area (Å²) in [6.45, 7) is 0. The molecule has 0 spiro atoms. The van der Waals surface area contributed by atoms with Gasteiger partial charge in [0.15, 0.2) is 0 Å². The molecule has 24 heavy (non-hydrogen) atoms. The predicted molar refractivity (Wildman–Crippen MR) is 88.7 cm³/mol. The smallest absolute Gasteiger partial charge is 0.269 e. The summed E-state index contributed by atoms with van der Waals surface area (Å²) in [5.74, 6) is 0.111. The first-order valence-corrected chi connectivity index (χ1v) is 6.96. The average molecular weight is 317 g/mol. The van der Waals surface area contributed by atoms with Gasteiger partial charge in [-0.1, -0.05) is 0 Å². The maximum atomic E-state index is 10.8. The Morgan fingerprint density at radius 1 is 1.08 bits per heavy atom. The molecule has 7 heteroatoms. The van der Waals surface area contributed by atoms with Gasteiger partial charge in [-0.25, -0.2) is 4.98 Å². The van der Waals surface area contributed by atoms with Crippen molar-refractivity contribution in [3.05, 3.63) is 70.5 Å². The van der Waals surface area contributed by atoms with Gasteiger partial charge in [0.1, 0.15) is 17.5 Å². The van der Waals surface area contributed by atoms with Gasteiger partial charge in [-0.3, -0.25) is 15.1 Å². The van der Waals surface area contributed by atoms with E-state index in [1.54, 1.807) is 42.7 Å². The summed E-state index contributed by atoms with van der Waals surface area (Å²) in [5, 5.41) is 20.1. The van der Waals surface area contributed by atoms with E-state index in [-0.39, 0.29) is 17.1 Å². The van der Waals surface area contributed by atoms with Gasteiger partial charge in [0.2, 0.25) is 0 Å². The van der Waals surface area contributed by atoms with Gasteiger partial charge in [0, 0.05) is 35.7 Å². The minimum atomic E-state index is -0.466. The van der Waals surface area contributed by atoms with Crippen molar-refractivity contribution in [3.63, 3.8) is 0 Å². The number of rotatable bonds is 3. The molecule has 3 rings (SSSR count). The van der Waals surface area contributed by atoms with Gasteiger partial charge in [0.25, 0.3) is 5.69 Å². The zero-order chi connectivity index (χ0) is 17.1. The summed E-state index contributed by atoms with van der Waals surface area (Å²) in [6.07, 6.45) is 3.25. The second-order valence-electron chi connectivity index (χ2n) is 4.97. The first-order chi connectivity index (χ1) is 11.6. The van der Waals surface area contributed by atoms with Crippen LogP contribution in [0.3, 0.4) is 0 Å². The van der Waals surface area contributed by atoms with Crippen LogP contribution in [0.4, 0.5) is 11.5 Å². The van der Waals surface area contributed by atoms with Gasteiger partial charge in [-0.15, -0.1) is 0 Å². The molecule has 2 heterocycles. The minimum Gasteiger partial charge on any atom is -0.383 e. The molecule has 0 saturated carbocycles. The molecule has 0 bridgehead atoms. The number of aromatic nitrogens is 2. The van der Waals surface area contributed by atoms with Crippen LogP contribution in [0.15, 0.2) is 54.9 Å². The number of nitrogens with zero attached hydrogens (tertiary/aromatic N) is 4. The fourth-order valence-corrected chi connectivity index (χ4v) is 2.34. The summed E-state index contributed by atoms with van der Waals surface area (Å²) >= 11 is 0. The molecule has 0 unspecified atom stereocenters. The Bertz CT molecular complexity index is 947. The molecule has 2 N–H and O–H groups in total. The second kappa shape index (κ2) is 6.14. The molecule has 0 amide bonds. The Balaban J connectivity index is 2.15. The molecule has 0 aliphatic rings. The number of benzene rings is 1. The first kappa shape index (κ1) is 15.1. The van der Waals surface area contributed by atoms with Crippen LogP contribution in [0.25, 0.3) is 22.4 Å². The summed E-state index contributed by atoms with van der Waals surface area (Å²) in [4.78, 5) is 18.5. The van der Waals surface area contributed by atoms with Crippen molar-refractivity contribution in [2.24, 2.45) is 0 Å². The van der Waals surface area contributed by atoms with E-state index in [1.165, 1.54) is 12.1 Å². The topological polar surface area (TPSA) is 119 Å². The van der Waals surface area contributed by atoms with Crippen molar-refractivity contribution in [2.45, 2.75) is 0 Å². The third-order valence-electron chi connectivity index (χ3n) is 3.52. The first-order valence-electron chi connectivity index (χ1n) is 6.96. The summed E-state index contributed by atoms with van der Waals surface area (Å²) < 4.78 is 0. The number of nitrogen functional groups attached to an aromatic ring is 1. The lowest BCUT2D eigenvalue weighted by atomic mass is 9.99. The predicted octanol–water partition coefficient (Wildman–Crippen LogP) is 3.17. The molecule has 3 aromatic rings. The lowest BCUT2D eigenvalue weighted by Crippen LogP contribution is -2.00. The maximum absolute atomic E-state index is 10.8. The molecular formula is C17H11N5O2.